The highest BCUT2D eigenvalue weighted by atomic mass is 32.2. The van der Waals surface area contributed by atoms with Gasteiger partial charge < -0.3 is 10.1 Å². The van der Waals surface area contributed by atoms with Crippen molar-refractivity contribution in [2.45, 2.75) is 24.7 Å². The van der Waals surface area contributed by atoms with Crippen LogP contribution in [-0.2, 0) is 16.1 Å². The number of carbonyl (C=O) groups is 1. The summed E-state index contributed by atoms with van der Waals surface area (Å²) < 4.78 is 7.26. The van der Waals surface area contributed by atoms with Crippen LogP contribution in [0.3, 0.4) is 0 Å². The molecule has 1 N–H and O–H groups in total. The molecule has 1 heterocycles. The zero-order chi connectivity index (χ0) is 22.3. The third kappa shape index (κ3) is 5.18. The first kappa shape index (κ1) is 22.0. The predicted octanol–water partition coefficient (Wildman–Crippen LogP) is 4.71. The van der Waals surface area contributed by atoms with Crippen LogP contribution in [0.2, 0.25) is 0 Å². The first-order valence-electron chi connectivity index (χ1n) is 10.5. The number of fused-ring (bicyclic) bond motifs is 1. The summed E-state index contributed by atoms with van der Waals surface area (Å²) >= 11 is 1.38. The molecule has 164 valence electrons. The Balaban J connectivity index is 1.42. The van der Waals surface area contributed by atoms with Crippen molar-refractivity contribution in [1.29, 1.82) is 0 Å². The Labute approximate surface area is 192 Å². The SMILES string of the molecule is COCCn1c(SCC(=O)NC(C)c2ccc3ccccc3c2)nnc1-c1ccccc1. The van der Waals surface area contributed by atoms with Crippen molar-refractivity contribution in [2.24, 2.45) is 0 Å². The first-order valence-corrected chi connectivity index (χ1v) is 11.5. The highest BCUT2D eigenvalue weighted by molar-refractivity contribution is 7.99. The number of carbonyl (C=O) groups excluding carboxylic acids is 1. The van der Waals surface area contributed by atoms with E-state index in [9.17, 15) is 4.79 Å². The van der Waals surface area contributed by atoms with Crippen molar-refractivity contribution < 1.29 is 9.53 Å². The van der Waals surface area contributed by atoms with Gasteiger partial charge >= 0.3 is 0 Å². The monoisotopic (exact) mass is 446 g/mol. The lowest BCUT2D eigenvalue weighted by Crippen LogP contribution is -2.28. The second-order valence-electron chi connectivity index (χ2n) is 7.50. The van der Waals surface area contributed by atoms with E-state index in [2.05, 4.69) is 45.8 Å². The molecule has 4 aromatic rings. The molecule has 1 atom stereocenters. The first-order chi connectivity index (χ1) is 15.7. The van der Waals surface area contributed by atoms with E-state index < -0.39 is 0 Å². The Kier molecular flexibility index (Phi) is 7.19. The highest BCUT2D eigenvalue weighted by Gasteiger charge is 2.16. The summed E-state index contributed by atoms with van der Waals surface area (Å²) in [4.78, 5) is 12.7. The van der Waals surface area contributed by atoms with E-state index in [4.69, 9.17) is 4.74 Å². The Bertz CT molecular complexity index is 1190. The zero-order valence-corrected chi connectivity index (χ0v) is 19.0. The van der Waals surface area contributed by atoms with Gasteiger partial charge in [-0.25, -0.2) is 0 Å². The average Bonchev–Trinajstić information content (AvgIpc) is 3.24. The maximum Gasteiger partial charge on any atom is 0.230 e. The minimum atomic E-state index is -0.0843. The van der Waals surface area contributed by atoms with Gasteiger partial charge in [0.2, 0.25) is 5.91 Å². The summed E-state index contributed by atoms with van der Waals surface area (Å²) in [5, 5.41) is 14.8. The maximum atomic E-state index is 12.7. The molecule has 0 aliphatic heterocycles. The molecule has 0 saturated carbocycles. The molecule has 4 rings (SSSR count). The fourth-order valence-corrected chi connectivity index (χ4v) is 4.33. The molecule has 0 saturated heterocycles. The van der Waals surface area contributed by atoms with Gasteiger partial charge in [0.15, 0.2) is 11.0 Å². The molecular formula is C25H26N4O2S. The third-order valence-electron chi connectivity index (χ3n) is 5.25. The van der Waals surface area contributed by atoms with Crippen LogP contribution in [0.15, 0.2) is 78.0 Å². The molecule has 0 aliphatic rings. The van der Waals surface area contributed by atoms with Crippen LogP contribution in [0.5, 0.6) is 0 Å². The van der Waals surface area contributed by atoms with Gasteiger partial charge in [-0.2, -0.15) is 0 Å². The number of nitrogens with one attached hydrogen (secondary N) is 1. The number of hydrogen-bond acceptors (Lipinski definition) is 5. The number of hydrogen-bond donors (Lipinski definition) is 1. The van der Waals surface area contributed by atoms with Crippen LogP contribution in [0.4, 0.5) is 0 Å². The predicted molar refractivity (Wildman–Crippen MR) is 129 cm³/mol. The number of thioether (sulfide) groups is 1. The molecule has 0 spiro atoms. The molecule has 1 unspecified atom stereocenters. The summed E-state index contributed by atoms with van der Waals surface area (Å²) in [6.07, 6.45) is 0. The van der Waals surface area contributed by atoms with Crippen molar-refractivity contribution >= 4 is 28.4 Å². The lowest BCUT2D eigenvalue weighted by molar-refractivity contribution is -0.119. The zero-order valence-electron chi connectivity index (χ0n) is 18.2. The number of aromatic nitrogens is 3. The van der Waals surface area contributed by atoms with E-state index in [1.807, 2.05) is 54.0 Å². The van der Waals surface area contributed by atoms with E-state index in [1.54, 1.807) is 7.11 Å². The van der Waals surface area contributed by atoms with Crippen LogP contribution in [0.25, 0.3) is 22.2 Å². The molecule has 6 nitrogen and oxygen atoms in total. The number of ether oxygens (including phenoxy) is 1. The minimum Gasteiger partial charge on any atom is -0.383 e. The van der Waals surface area contributed by atoms with Crippen molar-refractivity contribution in [1.82, 2.24) is 20.1 Å². The molecular weight excluding hydrogens is 420 g/mol. The van der Waals surface area contributed by atoms with Gasteiger partial charge in [0.1, 0.15) is 0 Å². The Hall–Kier alpha value is -3.16. The molecule has 0 bridgehead atoms. The quantitative estimate of drug-likeness (QED) is 0.377. The smallest absolute Gasteiger partial charge is 0.230 e. The Morgan fingerprint density at radius 3 is 2.56 bits per heavy atom. The second kappa shape index (κ2) is 10.4. The molecule has 7 heteroatoms. The topological polar surface area (TPSA) is 69.0 Å². The van der Waals surface area contributed by atoms with Crippen LogP contribution in [0.1, 0.15) is 18.5 Å². The van der Waals surface area contributed by atoms with Gasteiger partial charge in [0.05, 0.1) is 24.9 Å². The second-order valence-corrected chi connectivity index (χ2v) is 8.44. The fourth-order valence-electron chi connectivity index (χ4n) is 3.55. The summed E-state index contributed by atoms with van der Waals surface area (Å²) in [7, 11) is 1.67. The van der Waals surface area contributed by atoms with E-state index in [-0.39, 0.29) is 17.7 Å². The van der Waals surface area contributed by atoms with Crippen LogP contribution >= 0.6 is 11.8 Å². The van der Waals surface area contributed by atoms with Crippen LogP contribution in [0, 0.1) is 0 Å². The van der Waals surface area contributed by atoms with Crippen molar-refractivity contribution in [3.05, 3.63) is 78.4 Å². The molecule has 32 heavy (non-hydrogen) atoms. The molecule has 1 amide bonds. The number of methoxy groups -OCH3 is 1. The lowest BCUT2D eigenvalue weighted by Gasteiger charge is -2.15. The van der Waals surface area contributed by atoms with E-state index >= 15 is 0 Å². The largest absolute Gasteiger partial charge is 0.383 e. The molecule has 0 fully saturated rings. The standard InChI is InChI=1S/C25H26N4O2S/c1-18(21-13-12-19-8-6-7-11-22(19)16-21)26-23(30)17-32-25-28-27-24(29(25)14-15-31-2)20-9-4-3-5-10-20/h3-13,16,18H,14-15,17H2,1-2H3,(H,26,30). The van der Waals surface area contributed by atoms with Gasteiger partial charge in [-0.3, -0.25) is 9.36 Å². The normalized spacial score (nSPS) is 12.1. The number of rotatable bonds is 9. The molecule has 0 aliphatic carbocycles. The summed E-state index contributed by atoms with van der Waals surface area (Å²) in [5.74, 6) is 0.992. The molecule has 0 radical (unpaired) electrons. The van der Waals surface area contributed by atoms with E-state index in [0.29, 0.717) is 18.3 Å². The summed E-state index contributed by atoms with van der Waals surface area (Å²) in [5.41, 5.74) is 2.06. The van der Waals surface area contributed by atoms with Crippen LogP contribution in [-0.4, -0.2) is 40.1 Å². The van der Waals surface area contributed by atoms with Gasteiger partial charge in [-0.15, -0.1) is 10.2 Å². The van der Waals surface area contributed by atoms with Gasteiger partial charge in [0.25, 0.3) is 0 Å². The number of benzene rings is 3. The summed E-state index contributed by atoms with van der Waals surface area (Å²) in [6, 6.07) is 24.3. The molecule has 1 aromatic heterocycles. The fraction of sp³-hybridized carbons (Fsp3) is 0.240. The highest BCUT2D eigenvalue weighted by Crippen LogP contribution is 2.24. The third-order valence-corrected chi connectivity index (χ3v) is 6.22. The maximum absolute atomic E-state index is 12.7. The Morgan fingerprint density at radius 2 is 1.78 bits per heavy atom. The van der Waals surface area contributed by atoms with Crippen LogP contribution < -0.4 is 5.32 Å². The van der Waals surface area contributed by atoms with Crippen molar-refractivity contribution in [3.8, 4) is 11.4 Å². The lowest BCUT2D eigenvalue weighted by atomic mass is 10.0. The molecule has 3 aromatic carbocycles. The van der Waals surface area contributed by atoms with E-state index in [0.717, 1.165) is 17.0 Å². The number of amides is 1. The van der Waals surface area contributed by atoms with E-state index in [1.165, 1.54) is 22.5 Å². The number of nitrogens with zero attached hydrogens (tertiary/aromatic N) is 3. The average molecular weight is 447 g/mol. The van der Waals surface area contributed by atoms with Gasteiger partial charge in [-0.05, 0) is 29.3 Å². The van der Waals surface area contributed by atoms with Gasteiger partial charge in [0, 0.05) is 12.7 Å². The Morgan fingerprint density at radius 1 is 1.03 bits per heavy atom. The van der Waals surface area contributed by atoms with Gasteiger partial charge in [-0.1, -0.05) is 78.5 Å². The summed E-state index contributed by atoms with van der Waals surface area (Å²) in [6.45, 7) is 3.16. The van der Waals surface area contributed by atoms with Crippen molar-refractivity contribution in [2.75, 3.05) is 19.5 Å². The van der Waals surface area contributed by atoms with Crippen molar-refractivity contribution in [3.63, 3.8) is 0 Å². The minimum absolute atomic E-state index is 0.0433.